The van der Waals surface area contributed by atoms with Gasteiger partial charge in [-0.3, -0.25) is 4.57 Å². The molecule has 0 saturated heterocycles. The minimum Gasteiger partial charge on any atom is -0.330 e. The van der Waals surface area contributed by atoms with E-state index in [0.29, 0.717) is 6.54 Å². The second-order valence-corrected chi connectivity index (χ2v) is 3.07. The Morgan fingerprint density at radius 1 is 1.00 bits per heavy atom. The molecule has 88 valence electrons. The van der Waals surface area contributed by atoms with Gasteiger partial charge in [0.15, 0.2) is 0 Å². The van der Waals surface area contributed by atoms with E-state index in [0.717, 1.165) is 12.1 Å². The van der Waals surface area contributed by atoms with Crippen molar-refractivity contribution in [1.29, 1.82) is 0 Å². The summed E-state index contributed by atoms with van der Waals surface area (Å²) in [6.07, 6.45) is 4.28. The Kier molecular flexibility index (Phi) is 6.72. The van der Waals surface area contributed by atoms with Crippen molar-refractivity contribution in [2.75, 3.05) is 6.54 Å². The van der Waals surface area contributed by atoms with Crippen LogP contribution in [0.5, 0.6) is 0 Å². The Hall–Kier alpha value is -1.10. The van der Waals surface area contributed by atoms with Crippen LogP contribution in [0.15, 0.2) is 36.9 Å². The van der Waals surface area contributed by atoms with Crippen molar-refractivity contribution in [3.63, 3.8) is 0 Å². The van der Waals surface area contributed by atoms with E-state index in [9.17, 15) is 0 Å². The summed E-state index contributed by atoms with van der Waals surface area (Å²) in [4.78, 5) is 0. The molecule has 2 N–H and O–H groups in total. The van der Waals surface area contributed by atoms with Crippen molar-refractivity contribution >= 4 is 24.8 Å². The Morgan fingerprint density at radius 3 is 2.06 bits per heavy atom. The smallest absolute Gasteiger partial charge is 0.123 e. The van der Waals surface area contributed by atoms with Gasteiger partial charge >= 0.3 is 0 Å². The summed E-state index contributed by atoms with van der Waals surface area (Å²) in [5.74, 6) is 0. The first kappa shape index (κ1) is 14.9. The normalized spacial score (nSPS) is 9.06. The van der Waals surface area contributed by atoms with Gasteiger partial charge in [0, 0.05) is 5.69 Å². The molecule has 0 aliphatic carbocycles. The zero-order valence-corrected chi connectivity index (χ0v) is 10.2. The van der Waals surface area contributed by atoms with Crippen LogP contribution in [0.1, 0.15) is 5.56 Å². The fourth-order valence-corrected chi connectivity index (χ4v) is 1.34. The fourth-order valence-electron chi connectivity index (χ4n) is 1.34. The van der Waals surface area contributed by atoms with Gasteiger partial charge in [0.05, 0.1) is 0 Å². The van der Waals surface area contributed by atoms with Crippen LogP contribution in [-0.2, 0) is 6.42 Å². The molecule has 0 radical (unpaired) electrons. The molecule has 1 heterocycles. The van der Waals surface area contributed by atoms with E-state index in [1.165, 1.54) is 5.56 Å². The lowest BCUT2D eigenvalue weighted by molar-refractivity contribution is 0.964. The molecular weight excluding hydrogens is 247 g/mol. The summed E-state index contributed by atoms with van der Waals surface area (Å²) in [7, 11) is 0. The second kappa shape index (κ2) is 7.22. The predicted octanol–water partition coefficient (Wildman–Crippen LogP) is 1.61. The summed E-state index contributed by atoms with van der Waals surface area (Å²) in [6.45, 7) is 0.686. The highest BCUT2D eigenvalue weighted by molar-refractivity contribution is 5.85. The molecule has 0 atom stereocenters. The van der Waals surface area contributed by atoms with Crippen molar-refractivity contribution in [2.45, 2.75) is 6.42 Å². The molecule has 0 saturated carbocycles. The number of benzene rings is 1. The lowest BCUT2D eigenvalue weighted by atomic mass is 10.1. The monoisotopic (exact) mass is 260 g/mol. The number of nitrogens with zero attached hydrogens (tertiary/aromatic N) is 3. The quantitative estimate of drug-likeness (QED) is 0.913. The lowest BCUT2D eigenvalue weighted by Crippen LogP contribution is -2.02. The maximum Gasteiger partial charge on any atom is 0.123 e. The largest absolute Gasteiger partial charge is 0.330 e. The van der Waals surface area contributed by atoms with Crippen LogP contribution in [-0.4, -0.2) is 21.3 Å². The molecule has 1 aromatic heterocycles. The van der Waals surface area contributed by atoms with Crippen molar-refractivity contribution in [3.8, 4) is 5.69 Å². The molecule has 16 heavy (non-hydrogen) atoms. The average Bonchev–Trinajstić information content (AvgIpc) is 2.72. The first-order valence-corrected chi connectivity index (χ1v) is 4.54. The van der Waals surface area contributed by atoms with E-state index in [1.807, 2.05) is 16.7 Å². The third-order valence-corrected chi connectivity index (χ3v) is 2.09. The van der Waals surface area contributed by atoms with E-state index in [4.69, 9.17) is 5.73 Å². The first-order valence-electron chi connectivity index (χ1n) is 4.54. The van der Waals surface area contributed by atoms with E-state index in [2.05, 4.69) is 22.3 Å². The Morgan fingerprint density at radius 2 is 1.56 bits per heavy atom. The second-order valence-electron chi connectivity index (χ2n) is 3.07. The maximum atomic E-state index is 5.47. The van der Waals surface area contributed by atoms with Crippen LogP contribution >= 0.6 is 24.8 Å². The SMILES string of the molecule is Cl.Cl.NCCc1ccc(-n2cnnc2)cc1. The van der Waals surface area contributed by atoms with Gasteiger partial charge in [-0.1, -0.05) is 12.1 Å². The highest BCUT2D eigenvalue weighted by Crippen LogP contribution is 2.08. The van der Waals surface area contributed by atoms with Gasteiger partial charge in [-0.2, -0.15) is 0 Å². The van der Waals surface area contributed by atoms with Crippen molar-refractivity contribution in [3.05, 3.63) is 42.5 Å². The number of aromatic nitrogens is 3. The minimum absolute atomic E-state index is 0. The zero-order valence-electron chi connectivity index (χ0n) is 8.61. The highest BCUT2D eigenvalue weighted by Gasteiger charge is 1.95. The van der Waals surface area contributed by atoms with Crippen molar-refractivity contribution < 1.29 is 0 Å². The predicted molar refractivity (Wildman–Crippen MR) is 68.6 cm³/mol. The number of hydrogen-bond donors (Lipinski definition) is 1. The molecule has 4 nitrogen and oxygen atoms in total. The third kappa shape index (κ3) is 3.48. The Labute approximate surface area is 107 Å². The molecule has 2 aromatic rings. The molecule has 0 aliphatic heterocycles. The number of hydrogen-bond acceptors (Lipinski definition) is 3. The number of rotatable bonds is 3. The summed E-state index contributed by atoms with van der Waals surface area (Å²) in [5, 5.41) is 7.50. The average molecular weight is 261 g/mol. The summed E-state index contributed by atoms with van der Waals surface area (Å²) < 4.78 is 1.87. The molecular formula is C10H14Cl2N4. The van der Waals surface area contributed by atoms with Gasteiger partial charge in [-0.25, -0.2) is 0 Å². The summed E-state index contributed by atoms with van der Waals surface area (Å²) >= 11 is 0. The van der Waals surface area contributed by atoms with Gasteiger partial charge < -0.3 is 5.73 Å². The summed E-state index contributed by atoms with van der Waals surface area (Å²) in [5.41, 5.74) is 7.79. The van der Waals surface area contributed by atoms with Gasteiger partial charge in [-0.15, -0.1) is 35.0 Å². The molecule has 2 rings (SSSR count). The topological polar surface area (TPSA) is 56.7 Å². The van der Waals surface area contributed by atoms with Crippen molar-refractivity contribution in [1.82, 2.24) is 14.8 Å². The molecule has 6 heteroatoms. The molecule has 0 aliphatic rings. The van der Waals surface area contributed by atoms with E-state index in [1.54, 1.807) is 12.7 Å². The van der Waals surface area contributed by atoms with Crippen LogP contribution in [0.2, 0.25) is 0 Å². The Bertz CT molecular complexity index is 386. The standard InChI is InChI=1S/C10H12N4.2ClH/c11-6-5-9-1-3-10(4-2-9)14-7-12-13-8-14;;/h1-4,7-8H,5-6,11H2;2*1H. The molecule has 0 amide bonds. The van der Waals surface area contributed by atoms with Gasteiger partial charge in [-0.05, 0) is 30.7 Å². The van der Waals surface area contributed by atoms with Gasteiger partial charge in [0.1, 0.15) is 12.7 Å². The van der Waals surface area contributed by atoms with Crippen LogP contribution < -0.4 is 5.73 Å². The molecule has 0 spiro atoms. The van der Waals surface area contributed by atoms with E-state index in [-0.39, 0.29) is 24.8 Å². The first-order chi connectivity index (χ1) is 6.90. The molecule has 1 aromatic carbocycles. The van der Waals surface area contributed by atoms with Crippen LogP contribution in [0.4, 0.5) is 0 Å². The fraction of sp³-hybridized carbons (Fsp3) is 0.200. The molecule has 0 unspecified atom stereocenters. The van der Waals surface area contributed by atoms with E-state index >= 15 is 0 Å². The van der Waals surface area contributed by atoms with Crippen LogP contribution in [0.3, 0.4) is 0 Å². The lowest BCUT2D eigenvalue weighted by Gasteiger charge is -2.02. The van der Waals surface area contributed by atoms with Crippen LogP contribution in [0.25, 0.3) is 5.69 Å². The molecule has 0 fully saturated rings. The van der Waals surface area contributed by atoms with Gasteiger partial charge in [0.2, 0.25) is 0 Å². The third-order valence-electron chi connectivity index (χ3n) is 2.09. The highest BCUT2D eigenvalue weighted by atomic mass is 35.5. The number of halogens is 2. The van der Waals surface area contributed by atoms with Crippen LogP contribution in [0, 0.1) is 0 Å². The summed E-state index contributed by atoms with van der Waals surface area (Å²) in [6, 6.07) is 8.22. The zero-order chi connectivity index (χ0) is 9.80. The minimum atomic E-state index is 0. The van der Waals surface area contributed by atoms with Crippen molar-refractivity contribution in [2.24, 2.45) is 5.73 Å². The maximum absolute atomic E-state index is 5.47. The molecule has 0 bridgehead atoms. The van der Waals surface area contributed by atoms with E-state index < -0.39 is 0 Å². The number of nitrogens with two attached hydrogens (primary N) is 1. The Balaban J connectivity index is 0.00000112. The van der Waals surface area contributed by atoms with Gasteiger partial charge in [0.25, 0.3) is 0 Å².